The number of urea groups is 1. The molecule has 18 heavy (non-hydrogen) atoms. The van der Waals surface area contributed by atoms with Gasteiger partial charge in [-0.25, -0.2) is 4.79 Å². The summed E-state index contributed by atoms with van der Waals surface area (Å²) in [5.41, 5.74) is 0. The fourth-order valence-electron chi connectivity index (χ4n) is 2.28. The monoisotopic (exact) mass is 256 g/mol. The number of carbonyl (C=O) groups excluding carboxylic acids is 1. The van der Waals surface area contributed by atoms with Gasteiger partial charge < -0.3 is 20.1 Å². The predicted molar refractivity (Wildman–Crippen MR) is 64.3 cm³/mol. The van der Waals surface area contributed by atoms with Crippen LogP contribution in [0.3, 0.4) is 0 Å². The second-order valence-corrected chi connectivity index (χ2v) is 5.12. The van der Waals surface area contributed by atoms with Crippen LogP contribution >= 0.6 is 0 Å². The molecule has 2 rings (SSSR count). The number of hydrogen-bond acceptors (Lipinski definition) is 3. The zero-order valence-corrected chi connectivity index (χ0v) is 10.6. The molecule has 2 unspecified atom stereocenters. The van der Waals surface area contributed by atoms with E-state index in [1.165, 1.54) is 0 Å². The lowest BCUT2D eigenvalue weighted by Crippen LogP contribution is -2.52. The van der Waals surface area contributed by atoms with Crippen molar-refractivity contribution in [1.82, 2.24) is 10.2 Å². The summed E-state index contributed by atoms with van der Waals surface area (Å²) in [5.74, 6) is -0.522. The molecule has 2 amide bonds. The Morgan fingerprint density at radius 2 is 2.22 bits per heavy atom. The van der Waals surface area contributed by atoms with Gasteiger partial charge in [0.1, 0.15) is 0 Å². The summed E-state index contributed by atoms with van der Waals surface area (Å²) >= 11 is 0. The molecule has 0 spiro atoms. The van der Waals surface area contributed by atoms with E-state index in [4.69, 9.17) is 9.84 Å². The van der Waals surface area contributed by atoms with Gasteiger partial charge in [0.15, 0.2) is 0 Å². The Bertz CT molecular complexity index is 330. The number of morpholine rings is 1. The largest absolute Gasteiger partial charge is 0.481 e. The number of carboxylic acid groups (broad SMARTS) is 1. The number of nitrogens with one attached hydrogen (secondary N) is 1. The Morgan fingerprint density at radius 3 is 2.78 bits per heavy atom. The van der Waals surface area contributed by atoms with Crippen LogP contribution in [0.1, 0.15) is 26.2 Å². The van der Waals surface area contributed by atoms with E-state index in [2.05, 4.69) is 5.32 Å². The number of hydrogen-bond donors (Lipinski definition) is 2. The van der Waals surface area contributed by atoms with Crippen molar-refractivity contribution in [2.45, 2.75) is 38.3 Å². The van der Waals surface area contributed by atoms with Crippen LogP contribution in [0, 0.1) is 5.92 Å². The minimum atomic E-state index is -0.859. The summed E-state index contributed by atoms with van der Waals surface area (Å²) in [4.78, 5) is 24.5. The third-order valence-corrected chi connectivity index (χ3v) is 3.42. The van der Waals surface area contributed by atoms with Gasteiger partial charge >= 0.3 is 12.0 Å². The third-order valence-electron chi connectivity index (χ3n) is 3.42. The summed E-state index contributed by atoms with van der Waals surface area (Å²) in [7, 11) is 0. The van der Waals surface area contributed by atoms with Crippen LogP contribution in [-0.4, -0.2) is 53.8 Å². The fourth-order valence-corrected chi connectivity index (χ4v) is 2.28. The third kappa shape index (κ3) is 3.60. The Balaban J connectivity index is 1.85. The average molecular weight is 256 g/mol. The first kappa shape index (κ1) is 13.1. The Morgan fingerprint density at radius 1 is 1.50 bits per heavy atom. The first-order valence-electron chi connectivity index (χ1n) is 6.45. The molecule has 0 bridgehead atoms. The van der Waals surface area contributed by atoms with Crippen LogP contribution in [0.15, 0.2) is 0 Å². The molecule has 2 N–H and O–H groups in total. The highest BCUT2D eigenvalue weighted by atomic mass is 16.5. The minimum Gasteiger partial charge on any atom is -0.481 e. The van der Waals surface area contributed by atoms with E-state index in [0.717, 1.165) is 12.8 Å². The van der Waals surface area contributed by atoms with Crippen molar-refractivity contribution in [1.29, 1.82) is 0 Å². The van der Waals surface area contributed by atoms with Gasteiger partial charge in [-0.2, -0.15) is 0 Å². The molecular weight excluding hydrogens is 236 g/mol. The van der Waals surface area contributed by atoms with Crippen molar-refractivity contribution in [2.24, 2.45) is 5.92 Å². The molecule has 2 fully saturated rings. The number of carbonyl (C=O) groups is 2. The lowest BCUT2D eigenvalue weighted by atomic mass is 10.1. The zero-order valence-electron chi connectivity index (χ0n) is 10.6. The van der Waals surface area contributed by atoms with Crippen molar-refractivity contribution in [3.63, 3.8) is 0 Å². The zero-order chi connectivity index (χ0) is 13.1. The maximum absolute atomic E-state index is 12.0. The maximum Gasteiger partial charge on any atom is 0.317 e. The Labute approximate surface area is 106 Å². The molecule has 1 saturated carbocycles. The van der Waals surface area contributed by atoms with Gasteiger partial charge in [-0.1, -0.05) is 0 Å². The number of ether oxygens (including phenoxy) is 1. The lowest BCUT2D eigenvalue weighted by Gasteiger charge is -2.32. The van der Waals surface area contributed by atoms with E-state index in [1.54, 1.807) is 4.90 Å². The van der Waals surface area contributed by atoms with E-state index in [1.807, 2.05) is 6.92 Å². The highest BCUT2D eigenvalue weighted by molar-refractivity contribution is 5.76. The summed E-state index contributed by atoms with van der Waals surface area (Å²) in [6, 6.07) is -0.392. The minimum absolute atomic E-state index is 0.0102. The smallest absolute Gasteiger partial charge is 0.317 e. The highest BCUT2D eigenvalue weighted by Gasteiger charge is 2.35. The Kier molecular flexibility index (Phi) is 4.06. The van der Waals surface area contributed by atoms with Gasteiger partial charge in [-0.15, -0.1) is 0 Å². The van der Waals surface area contributed by atoms with E-state index in [0.29, 0.717) is 25.6 Å². The molecule has 0 aromatic carbocycles. The van der Waals surface area contributed by atoms with E-state index in [9.17, 15) is 9.59 Å². The highest BCUT2D eigenvalue weighted by Crippen LogP contribution is 2.34. The fraction of sp³-hybridized carbons (Fsp3) is 0.833. The van der Waals surface area contributed by atoms with Crippen molar-refractivity contribution in [3.05, 3.63) is 0 Å². The number of rotatable bonds is 4. The summed E-state index contributed by atoms with van der Waals surface area (Å²) in [5, 5.41) is 11.7. The molecule has 0 aromatic rings. The number of nitrogens with zero attached hydrogens (tertiary/aromatic N) is 1. The van der Waals surface area contributed by atoms with Gasteiger partial charge in [-0.05, 0) is 25.7 Å². The van der Waals surface area contributed by atoms with Crippen molar-refractivity contribution in [2.75, 3.05) is 19.7 Å². The molecule has 1 aliphatic carbocycles. The molecule has 0 radical (unpaired) electrons. The van der Waals surface area contributed by atoms with Crippen molar-refractivity contribution < 1.29 is 19.4 Å². The predicted octanol–water partition coefficient (Wildman–Crippen LogP) is 0.670. The van der Waals surface area contributed by atoms with E-state index >= 15 is 0 Å². The first-order chi connectivity index (χ1) is 8.56. The van der Waals surface area contributed by atoms with E-state index < -0.39 is 5.97 Å². The molecule has 0 aromatic heterocycles. The van der Waals surface area contributed by atoms with Crippen molar-refractivity contribution in [3.8, 4) is 0 Å². The van der Waals surface area contributed by atoms with Gasteiger partial charge in [-0.3, -0.25) is 4.79 Å². The molecular formula is C12H20N2O4. The molecule has 1 saturated heterocycles. The standard InChI is InChI=1S/C12H20N2O4/c1-8-7-14(4-5-18-8)12(17)13-10(6-11(15)16)9-2-3-9/h8-10H,2-7H2,1H3,(H,13,17)(H,15,16). The topological polar surface area (TPSA) is 78.9 Å². The number of carboxylic acids is 1. The lowest BCUT2D eigenvalue weighted by molar-refractivity contribution is -0.137. The summed E-state index contributed by atoms with van der Waals surface area (Å²) in [6.45, 7) is 3.60. The average Bonchev–Trinajstić information content (AvgIpc) is 3.11. The van der Waals surface area contributed by atoms with Gasteiger partial charge in [0.05, 0.1) is 19.1 Å². The molecule has 1 aliphatic heterocycles. The van der Waals surface area contributed by atoms with Crippen LogP contribution in [0.4, 0.5) is 4.79 Å². The van der Waals surface area contributed by atoms with E-state index in [-0.39, 0.29) is 24.6 Å². The van der Waals surface area contributed by atoms with Crippen LogP contribution in [0.25, 0.3) is 0 Å². The second-order valence-electron chi connectivity index (χ2n) is 5.12. The summed E-state index contributed by atoms with van der Waals surface area (Å²) < 4.78 is 5.37. The van der Waals surface area contributed by atoms with Crippen LogP contribution in [0.5, 0.6) is 0 Å². The quantitative estimate of drug-likeness (QED) is 0.775. The maximum atomic E-state index is 12.0. The second kappa shape index (κ2) is 5.56. The van der Waals surface area contributed by atoms with Crippen LogP contribution in [0.2, 0.25) is 0 Å². The first-order valence-corrected chi connectivity index (χ1v) is 6.45. The Hall–Kier alpha value is -1.30. The van der Waals surface area contributed by atoms with Gasteiger partial charge in [0.25, 0.3) is 0 Å². The molecule has 1 heterocycles. The molecule has 102 valence electrons. The molecule has 6 nitrogen and oxygen atoms in total. The normalized spacial score (nSPS) is 25.6. The summed E-state index contributed by atoms with van der Waals surface area (Å²) in [6.07, 6.45) is 2.08. The number of aliphatic carboxylic acids is 1. The molecule has 2 atom stereocenters. The van der Waals surface area contributed by atoms with Crippen LogP contribution < -0.4 is 5.32 Å². The van der Waals surface area contributed by atoms with Crippen LogP contribution in [-0.2, 0) is 9.53 Å². The van der Waals surface area contributed by atoms with Gasteiger partial charge in [0.2, 0.25) is 0 Å². The van der Waals surface area contributed by atoms with Gasteiger partial charge in [0, 0.05) is 19.1 Å². The van der Waals surface area contributed by atoms with Crippen molar-refractivity contribution >= 4 is 12.0 Å². The molecule has 2 aliphatic rings. The molecule has 6 heteroatoms. The SMILES string of the molecule is CC1CN(C(=O)NC(CC(=O)O)C2CC2)CCO1. The number of amides is 2.